The summed E-state index contributed by atoms with van der Waals surface area (Å²) in [5, 5.41) is 7.36. The first-order chi connectivity index (χ1) is 8.20. The van der Waals surface area contributed by atoms with Crippen molar-refractivity contribution in [2.45, 2.75) is 19.4 Å². The molecule has 1 atom stereocenters. The number of aromatic nitrogens is 2. The van der Waals surface area contributed by atoms with Crippen LogP contribution in [0.4, 0.5) is 10.1 Å². The van der Waals surface area contributed by atoms with Gasteiger partial charge in [0.2, 0.25) is 0 Å². The van der Waals surface area contributed by atoms with Crippen molar-refractivity contribution in [3.63, 3.8) is 0 Å². The molecule has 0 aliphatic carbocycles. The summed E-state index contributed by atoms with van der Waals surface area (Å²) in [6.07, 6.45) is 4.43. The molecule has 0 bridgehead atoms. The summed E-state index contributed by atoms with van der Waals surface area (Å²) >= 11 is 0. The highest BCUT2D eigenvalue weighted by atomic mass is 19.1. The van der Waals surface area contributed by atoms with Crippen LogP contribution in [0.3, 0.4) is 0 Å². The van der Waals surface area contributed by atoms with Crippen LogP contribution < -0.4 is 5.32 Å². The quantitative estimate of drug-likeness (QED) is 0.879. The van der Waals surface area contributed by atoms with Gasteiger partial charge in [-0.2, -0.15) is 5.10 Å². The van der Waals surface area contributed by atoms with Crippen molar-refractivity contribution in [2.75, 3.05) is 5.32 Å². The van der Waals surface area contributed by atoms with Gasteiger partial charge in [-0.1, -0.05) is 25.1 Å². The molecule has 3 nitrogen and oxygen atoms in total. The van der Waals surface area contributed by atoms with Gasteiger partial charge in [-0.3, -0.25) is 4.68 Å². The average molecular weight is 233 g/mol. The lowest BCUT2D eigenvalue weighted by Crippen LogP contribution is -2.10. The number of hydrogen-bond donors (Lipinski definition) is 1. The molecule has 4 heteroatoms. The number of benzene rings is 1. The lowest BCUT2D eigenvalue weighted by Gasteiger charge is -2.17. The summed E-state index contributed by atoms with van der Waals surface area (Å²) in [6.45, 7) is 2.03. The normalized spacial score (nSPS) is 12.4. The molecule has 1 aromatic carbocycles. The largest absolute Gasteiger partial charge is 0.376 e. The smallest absolute Gasteiger partial charge is 0.128 e. The Morgan fingerprint density at radius 2 is 2.18 bits per heavy atom. The predicted molar refractivity (Wildman–Crippen MR) is 66.3 cm³/mol. The van der Waals surface area contributed by atoms with Gasteiger partial charge < -0.3 is 5.32 Å². The third-order valence-corrected chi connectivity index (χ3v) is 2.73. The van der Waals surface area contributed by atoms with E-state index in [1.165, 1.54) is 6.07 Å². The number of nitrogens with zero attached hydrogens (tertiary/aromatic N) is 2. The van der Waals surface area contributed by atoms with Crippen molar-refractivity contribution < 1.29 is 4.39 Å². The molecule has 1 unspecified atom stereocenters. The van der Waals surface area contributed by atoms with Gasteiger partial charge in [0.05, 0.1) is 17.9 Å². The molecule has 90 valence electrons. The van der Waals surface area contributed by atoms with E-state index in [0.29, 0.717) is 5.56 Å². The summed E-state index contributed by atoms with van der Waals surface area (Å²) in [6, 6.07) is 6.83. The molecule has 0 aliphatic rings. The van der Waals surface area contributed by atoms with Gasteiger partial charge in [-0.15, -0.1) is 0 Å². The number of anilines is 1. The second-order valence-corrected chi connectivity index (χ2v) is 4.03. The Morgan fingerprint density at radius 3 is 2.76 bits per heavy atom. The summed E-state index contributed by atoms with van der Waals surface area (Å²) in [4.78, 5) is 0. The molecule has 1 N–H and O–H groups in total. The molecule has 17 heavy (non-hydrogen) atoms. The Morgan fingerprint density at radius 1 is 1.41 bits per heavy atom. The zero-order valence-electron chi connectivity index (χ0n) is 10.0. The van der Waals surface area contributed by atoms with Gasteiger partial charge in [0.15, 0.2) is 0 Å². The molecule has 1 heterocycles. The fourth-order valence-corrected chi connectivity index (χ4v) is 1.85. The van der Waals surface area contributed by atoms with Crippen molar-refractivity contribution >= 4 is 5.69 Å². The first kappa shape index (κ1) is 11.6. The number of aryl methyl sites for hydroxylation is 1. The van der Waals surface area contributed by atoms with E-state index in [0.717, 1.165) is 12.1 Å². The van der Waals surface area contributed by atoms with Crippen LogP contribution in [0.1, 0.15) is 24.9 Å². The molecule has 0 amide bonds. The van der Waals surface area contributed by atoms with Gasteiger partial charge in [-0.05, 0) is 12.5 Å². The lowest BCUT2D eigenvalue weighted by molar-refractivity contribution is 0.587. The summed E-state index contributed by atoms with van der Waals surface area (Å²) in [5.41, 5.74) is 1.60. The van der Waals surface area contributed by atoms with Crippen LogP contribution in [0.25, 0.3) is 0 Å². The van der Waals surface area contributed by atoms with Crippen LogP contribution in [-0.4, -0.2) is 9.78 Å². The van der Waals surface area contributed by atoms with Crippen molar-refractivity contribution in [1.82, 2.24) is 9.78 Å². The fourth-order valence-electron chi connectivity index (χ4n) is 1.85. The van der Waals surface area contributed by atoms with Crippen LogP contribution in [-0.2, 0) is 7.05 Å². The fraction of sp³-hybridized carbons (Fsp3) is 0.308. The minimum atomic E-state index is -0.171. The second-order valence-electron chi connectivity index (χ2n) is 4.03. The molecule has 0 spiro atoms. The molecular formula is C13H16FN3. The average Bonchev–Trinajstić information content (AvgIpc) is 2.73. The predicted octanol–water partition coefficient (Wildman–Crippen LogP) is 3.12. The van der Waals surface area contributed by atoms with Gasteiger partial charge in [0.1, 0.15) is 5.82 Å². The van der Waals surface area contributed by atoms with Crippen LogP contribution >= 0.6 is 0 Å². The molecular weight excluding hydrogens is 217 g/mol. The third kappa shape index (κ3) is 2.64. The van der Waals surface area contributed by atoms with Crippen molar-refractivity contribution in [3.8, 4) is 0 Å². The van der Waals surface area contributed by atoms with Crippen LogP contribution in [0.15, 0.2) is 36.7 Å². The van der Waals surface area contributed by atoms with Crippen molar-refractivity contribution in [2.24, 2.45) is 7.05 Å². The zero-order valence-corrected chi connectivity index (χ0v) is 10.0. The molecule has 2 aromatic rings. The minimum absolute atomic E-state index is 0.0274. The van der Waals surface area contributed by atoms with E-state index in [9.17, 15) is 4.39 Å². The number of nitrogens with one attached hydrogen (secondary N) is 1. The van der Waals surface area contributed by atoms with Crippen LogP contribution in [0.5, 0.6) is 0 Å². The maximum absolute atomic E-state index is 13.7. The van der Waals surface area contributed by atoms with Gasteiger partial charge in [0.25, 0.3) is 0 Å². The van der Waals surface area contributed by atoms with E-state index < -0.39 is 0 Å². The summed E-state index contributed by atoms with van der Waals surface area (Å²) in [7, 11) is 1.86. The second kappa shape index (κ2) is 4.99. The highest BCUT2D eigenvalue weighted by Gasteiger charge is 2.13. The number of hydrogen-bond acceptors (Lipinski definition) is 2. The standard InChI is InChI=1S/C13H16FN3/c1-3-13(11-6-4-5-7-12(11)14)16-10-8-15-17(2)9-10/h4-9,13,16H,3H2,1-2H3. The molecule has 0 saturated heterocycles. The maximum Gasteiger partial charge on any atom is 0.128 e. The first-order valence-corrected chi connectivity index (χ1v) is 5.70. The van der Waals surface area contributed by atoms with E-state index in [2.05, 4.69) is 10.4 Å². The summed E-state index contributed by atoms with van der Waals surface area (Å²) < 4.78 is 15.4. The number of rotatable bonds is 4. The van der Waals surface area contributed by atoms with E-state index in [1.807, 2.05) is 32.3 Å². The Bertz CT molecular complexity index is 493. The Hall–Kier alpha value is -1.84. The first-order valence-electron chi connectivity index (χ1n) is 5.70. The SMILES string of the molecule is CCC(Nc1cnn(C)c1)c1ccccc1F. The molecule has 0 aliphatic heterocycles. The molecule has 2 rings (SSSR count). The van der Waals surface area contributed by atoms with Gasteiger partial charge >= 0.3 is 0 Å². The van der Waals surface area contributed by atoms with E-state index >= 15 is 0 Å². The molecule has 0 radical (unpaired) electrons. The highest BCUT2D eigenvalue weighted by Crippen LogP contribution is 2.24. The van der Waals surface area contributed by atoms with Crippen LogP contribution in [0.2, 0.25) is 0 Å². The van der Waals surface area contributed by atoms with Crippen LogP contribution in [0, 0.1) is 5.82 Å². The van der Waals surface area contributed by atoms with E-state index in [-0.39, 0.29) is 11.9 Å². The Balaban J connectivity index is 2.20. The molecule has 1 aromatic heterocycles. The number of halogens is 1. The molecule has 0 saturated carbocycles. The zero-order chi connectivity index (χ0) is 12.3. The maximum atomic E-state index is 13.7. The van der Waals surface area contributed by atoms with E-state index in [1.54, 1.807) is 16.9 Å². The topological polar surface area (TPSA) is 29.9 Å². The van der Waals surface area contributed by atoms with Crippen molar-refractivity contribution in [1.29, 1.82) is 0 Å². The lowest BCUT2D eigenvalue weighted by atomic mass is 10.0. The minimum Gasteiger partial charge on any atom is -0.376 e. The Kier molecular flexibility index (Phi) is 3.42. The van der Waals surface area contributed by atoms with E-state index in [4.69, 9.17) is 0 Å². The summed E-state index contributed by atoms with van der Waals surface area (Å²) in [5.74, 6) is -0.171. The van der Waals surface area contributed by atoms with Crippen molar-refractivity contribution in [3.05, 3.63) is 48.0 Å². The Labute approximate surface area is 100 Å². The van der Waals surface area contributed by atoms with Gasteiger partial charge in [-0.25, -0.2) is 4.39 Å². The third-order valence-electron chi connectivity index (χ3n) is 2.73. The molecule has 0 fully saturated rings. The monoisotopic (exact) mass is 233 g/mol. The van der Waals surface area contributed by atoms with Gasteiger partial charge in [0, 0.05) is 18.8 Å². The highest BCUT2D eigenvalue weighted by molar-refractivity contribution is 5.41.